The number of ether oxygens (including phenoxy) is 1. The maximum Gasteiger partial charge on any atom is 0.180 e. The fraction of sp³-hybridized carbons (Fsp3) is 0.538. The van der Waals surface area contributed by atoms with Gasteiger partial charge in [0, 0.05) is 20.7 Å². The Morgan fingerprint density at radius 3 is 2.58 bits per heavy atom. The highest BCUT2D eigenvalue weighted by Crippen LogP contribution is 2.25. The Morgan fingerprint density at radius 1 is 1.37 bits per heavy atom. The van der Waals surface area contributed by atoms with Crippen LogP contribution < -0.4 is 4.90 Å². The maximum absolute atomic E-state index is 12.1. The van der Waals surface area contributed by atoms with Crippen LogP contribution in [0.5, 0.6) is 0 Å². The van der Waals surface area contributed by atoms with E-state index in [1.807, 2.05) is 18.0 Å². The molecule has 108 valence electrons. The molecule has 0 fully saturated rings. The lowest BCUT2D eigenvalue weighted by molar-refractivity contribution is 0.199. The second kappa shape index (κ2) is 7.12. The van der Waals surface area contributed by atoms with E-state index in [0.717, 1.165) is 0 Å². The zero-order valence-corrected chi connectivity index (χ0v) is 13.0. The van der Waals surface area contributed by atoms with Crippen molar-refractivity contribution in [3.63, 3.8) is 0 Å². The Labute approximate surface area is 120 Å². The Bertz CT molecular complexity index is 504. The number of hydrogen-bond donors (Lipinski definition) is 0. The molecule has 0 spiro atoms. The lowest BCUT2D eigenvalue weighted by Crippen LogP contribution is -2.29. The molecule has 0 aliphatic heterocycles. The van der Waals surface area contributed by atoms with Gasteiger partial charge in [-0.2, -0.15) is 0 Å². The summed E-state index contributed by atoms with van der Waals surface area (Å²) in [5.74, 6) is 0.0836. The summed E-state index contributed by atoms with van der Waals surface area (Å²) in [4.78, 5) is 2.19. The zero-order valence-electron chi connectivity index (χ0n) is 11.5. The molecule has 0 saturated carbocycles. The van der Waals surface area contributed by atoms with Gasteiger partial charge in [-0.1, -0.05) is 19.1 Å². The molecule has 0 aliphatic rings. The summed E-state index contributed by atoms with van der Waals surface area (Å²) >= 11 is 6.11. The molecule has 0 N–H and O–H groups in total. The zero-order chi connectivity index (χ0) is 14.5. The predicted octanol–water partition coefficient (Wildman–Crippen LogP) is 2.17. The highest BCUT2D eigenvalue weighted by atomic mass is 35.5. The lowest BCUT2D eigenvalue weighted by Gasteiger charge is -2.24. The van der Waals surface area contributed by atoms with E-state index >= 15 is 0 Å². The SMILES string of the molecule is CCS(=O)(=O)c1ccccc1N(C)CC(Cl)COC. The molecule has 0 radical (unpaired) electrons. The first-order valence-electron chi connectivity index (χ1n) is 6.08. The van der Waals surface area contributed by atoms with Crippen molar-refractivity contribution in [3.8, 4) is 0 Å². The fourth-order valence-electron chi connectivity index (χ4n) is 1.82. The monoisotopic (exact) mass is 305 g/mol. The van der Waals surface area contributed by atoms with Crippen LogP contribution >= 0.6 is 11.6 Å². The standard InChI is InChI=1S/C13H20ClNO3S/c1-4-19(16,17)13-8-6-5-7-12(13)15(2)9-11(14)10-18-3/h5-8,11H,4,9-10H2,1-3H3. The molecule has 0 bridgehead atoms. The molecule has 19 heavy (non-hydrogen) atoms. The summed E-state index contributed by atoms with van der Waals surface area (Å²) in [6, 6.07) is 6.97. The fourth-order valence-corrected chi connectivity index (χ4v) is 3.29. The first-order chi connectivity index (χ1) is 8.92. The van der Waals surface area contributed by atoms with Gasteiger partial charge in [-0.05, 0) is 12.1 Å². The third-order valence-electron chi connectivity index (χ3n) is 2.81. The minimum absolute atomic E-state index is 0.0836. The van der Waals surface area contributed by atoms with Gasteiger partial charge in [0.1, 0.15) is 0 Å². The Kier molecular flexibility index (Phi) is 6.10. The first kappa shape index (κ1) is 16.3. The number of anilines is 1. The highest BCUT2D eigenvalue weighted by Gasteiger charge is 2.19. The van der Waals surface area contributed by atoms with Gasteiger partial charge in [0.15, 0.2) is 9.84 Å². The molecule has 0 aromatic heterocycles. The first-order valence-corrected chi connectivity index (χ1v) is 8.17. The number of para-hydroxylation sites is 1. The number of halogens is 1. The summed E-state index contributed by atoms with van der Waals surface area (Å²) in [6.07, 6.45) is 0. The van der Waals surface area contributed by atoms with Crippen molar-refractivity contribution in [2.24, 2.45) is 0 Å². The molecule has 0 saturated heterocycles. The van der Waals surface area contributed by atoms with Crippen LogP contribution in [0.1, 0.15) is 6.92 Å². The van der Waals surface area contributed by atoms with Crippen LogP contribution in [0, 0.1) is 0 Å². The van der Waals surface area contributed by atoms with Crippen LogP contribution in [-0.4, -0.2) is 46.9 Å². The van der Waals surface area contributed by atoms with Gasteiger partial charge >= 0.3 is 0 Å². The normalized spacial score (nSPS) is 13.3. The average molecular weight is 306 g/mol. The highest BCUT2D eigenvalue weighted by molar-refractivity contribution is 7.91. The topological polar surface area (TPSA) is 46.6 Å². The molecule has 6 heteroatoms. The summed E-state index contributed by atoms with van der Waals surface area (Å²) in [7, 11) is 0.179. The van der Waals surface area contributed by atoms with Crippen LogP contribution in [0.15, 0.2) is 29.2 Å². The van der Waals surface area contributed by atoms with E-state index in [1.54, 1.807) is 32.2 Å². The minimum Gasteiger partial charge on any atom is -0.383 e. The molecule has 1 unspecified atom stereocenters. The Hall–Kier alpha value is -0.780. The van der Waals surface area contributed by atoms with E-state index in [2.05, 4.69) is 0 Å². The van der Waals surface area contributed by atoms with Crippen molar-refractivity contribution in [2.45, 2.75) is 17.2 Å². The van der Waals surface area contributed by atoms with Crippen molar-refractivity contribution in [2.75, 3.05) is 38.0 Å². The number of methoxy groups -OCH3 is 1. The summed E-state index contributed by atoms with van der Waals surface area (Å²) in [5.41, 5.74) is 0.672. The molecule has 1 aromatic carbocycles. The lowest BCUT2D eigenvalue weighted by atomic mass is 10.3. The summed E-state index contributed by atoms with van der Waals surface area (Å²) in [5, 5.41) is -0.188. The van der Waals surface area contributed by atoms with Crippen LogP contribution in [0.25, 0.3) is 0 Å². The third-order valence-corrected chi connectivity index (χ3v) is 4.85. The molecule has 4 nitrogen and oxygen atoms in total. The molecule has 1 rings (SSSR count). The third kappa shape index (κ3) is 4.37. The van der Waals surface area contributed by atoms with Gasteiger partial charge < -0.3 is 9.64 Å². The van der Waals surface area contributed by atoms with Gasteiger partial charge in [0.05, 0.1) is 28.3 Å². The number of sulfone groups is 1. The van der Waals surface area contributed by atoms with Crippen molar-refractivity contribution in [3.05, 3.63) is 24.3 Å². The number of hydrogen-bond acceptors (Lipinski definition) is 4. The van der Waals surface area contributed by atoms with Gasteiger partial charge in [-0.15, -0.1) is 11.6 Å². The number of nitrogens with zero attached hydrogens (tertiary/aromatic N) is 1. The quantitative estimate of drug-likeness (QED) is 0.724. The minimum atomic E-state index is -3.24. The van der Waals surface area contributed by atoms with E-state index in [0.29, 0.717) is 23.7 Å². The number of benzene rings is 1. The van der Waals surface area contributed by atoms with Crippen LogP contribution in [0.3, 0.4) is 0 Å². The number of alkyl halides is 1. The van der Waals surface area contributed by atoms with E-state index in [1.165, 1.54) is 0 Å². The molecule has 0 aliphatic carbocycles. The van der Waals surface area contributed by atoms with E-state index in [4.69, 9.17) is 16.3 Å². The molecule has 0 heterocycles. The summed E-state index contributed by atoms with van der Waals surface area (Å²) in [6.45, 7) is 2.58. The number of rotatable bonds is 7. The van der Waals surface area contributed by atoms with E-state index in [9.17, 15) is 8.42 Å². The molecule has 1 atom stereocenters. The average Bonchev–Trinajstić information content (AvgIpc) is 2.39. The smallest absolute Gasteiger partial charge is 0.180 e. The van der Waals surface area contributed by atoms with Gasteiger partial charge in [-0.25, -0.2) is 8.42 Å². The molecular weight excluding hydrogens is 286 g/mol. The van der Waals surface area contributed by atoms with Crippen LogP contribution in [-0.2, 0) is 14.6 Å². The molecular formula is C13H20ClNO3S. The van der Waals surface area contributed by atoms with Crippen molar-refractivity contribution >= 4 is 27.1 Å². The molecule has 1 aromatic rings. The largest absolute Gasteiger partial charge is 0.383 e. The second-order valence-electron chi connectivity index (χ2n) is 4.30. The van der Waals surface area contributed by atoms with Crippen molar-refractivity contribution < 1.29 is 13.2 Å². The summed E-state index contributed by atoms with van der Waals surface area (Å²) < 4.78 is 29.1. The van der Waals surface area contributed by atoms with Gasteiger partial charge in [0.25, 0.3) is 0 Å². The van der Waals surface area contributed by atoms with Crippen molar-refractivity contribution in [1.29, 1.82) is 0 Å². The maximum atomic E-state index is 12.1. The van der Waals surface area contributed by atoms with Crippen LogP contribution in [0.4, 0.5) is 5.69 Å². The Balaban J connectivity index is 3.01. The van der Waals surface area contributed by atoms with Crippen LogP contribution in [0.2, 0.25) is 0 Å². The van der Waals surface area contributed by atoms with Crippen molar-refractivity contribution in [1.82, 2.24) is 0 Å². The van der Waals surface area contributed by atoms with Gasteiger partial charge in [0.2, 0.25) is 0 Å². The van der Waals surface area contributed by atoms with E-state index in [-0.39, 0.29) is 11.1 Å². The Morgan fingerprint density at radius 2 is 2.00 bits per heavy atom. The molecule has 0 amide bonds. The predicted molar refractivity (Wildman–Crippen MR) is 79.0 cm³/mol. The van der Waals surface area contributed by atoms with E-state index < -0.39 is 9.84 Å². The second-order valence-corrected chi connectivity index (χ2v) is 7.17. The van der Waals surface area contributed by atoms with Gasteiger partial charge in [-0.3, -0.25) is 0 Å².